The molecule has 1 fully saturated rings. The van der Waals surface area contributed by atoms with Gasteiger partial charge in [-0.15, -0.1) is 24.5 Å². The van der Waals surface area contributed by atoms with E-state index >= 15 is 0 Å². The van der Waals surface area contributed by atoms with Crippen molar-refractivity contribution in [2.75, 3.05) is 26.2 Å². The molecule has 0 saturated carbocycles. The first-order valence-corrected chi connectivity index (χ1v) is 11.9. The number of pyridine rings is 1. The number of nitrogens with zero attached hydrogens (tertiary/aromatic N) is 3. The molecular weight excluding hydrogens is 519 g/mol. The highest BCUT2D eigenvalue weighted by Gasteiger charge is 2.32. The second kappa shape index (κ2) is 11.2. The number of piperazine rings is 1. The molecule has 0 radical (unpaired) electrons. The minimum absolute atomic E-state index is 0.144. The molecule has 0 aliphatic carbocycles. The number of halogens is 5. The number of aromatic nitrogens is 1. The summed E-state index contributed by atoms with van der Waals surface area (Å²) in [6, 6.07) is 10.7. The summed E-state index contributed by atoms with van der Waals surface area (Å²) in [5.74, 6) is -3.29. The van der Waals surface area contributed by atoms with Crippen LogP contribution >= 0.6 is 11.3 Å². The fourth-order valence-corrected chi connectivity index (χ4v) is 4.74. The number of para-hydroxylation sites is 1. The molecule has 13 heteroatoms. The molecule has 1 aliphatic heterocycles. The van der Waals surface area contributed by atoms with Crippen molar-refractivity contribution in [3.8, 4) is 5.75 Å². The topological polar surface area (TPSA) is 74.8 Å². The summed E-state index contributed by atoms with van der Waals surface area (Å²) in [5, 5.41) is 2.60. The van der Waals surface area contributed by atoms with E-state index in [2.05, 4.69) is 19.9 Å². The molecule has 7 nitrogen and oxygen atoms in total. The third-order valence-corrected chi connectivity index (χ3v) is 6.65. The van der Waals surface area contributed by atoms with Crippen LogP contribution in [0.4, 0.5) is 22.0 Å². The van der Waals surface area contributed by atoms with Gasteiger partial charge in [-0.05, 0) is 30.3 Å². The van der Waals surface area contributed by atoms with Crippen molar-refractivity contribution in [1.82, 2.24) is 20.1 Å². The second-order valence-electron chi connectivity index (χ2n) is 8.14. The van der Waals surface area contributed by atoms with Crippen LogP contribution in [0.25, 0.3) is 0 Å². The molecule has 2 aromatic heterocycles. The van der Waals surface area contributed by atoms with Crippen LogP contribution < -0.4 is 10.1 Å². The molecule has 196 valence electrons. The maximum Gasteiger partial charge on any atom is 0.573 e. The van der Waals surface area contributed by atoms with Gasteiger partial charge >= 0.3 is 6.36 Å². The highest BCUT2D eigenvalue weighted by atomic mass is 32.1. The first kappa shape index (κ1) is 26.5. The molecule has 3 aromatic rings. The number of alkyl halides is 3. The number of thiophene rings is 1. The van der Waals surface area contributed by atoms with Crippen molar-refractivity contribution in [1.29, 1.82) is 0 Å². The second-order valence-corrected chi connectivity index (χ2v) is 9.31. The molecule has 0 bridgehead atoms. The SMILES string of the molecule is O=C(NCc1ccccc1OC(F)(F)F)c1ccc(CN2CCN(C(=O)c3nc(F)ccc3F)CC2)s1. The van der Waals surface area contributed by atoms with E-state index in [1.54, 1.807) is 18.2 Å². The van der Waals surface area contributed by atoms with Gasteiger partial charge in [-0.3, -0.25) is 14.5 Å². The van der Waals surface area contributed by atoms with E-state index in [0.29, 0.717) is 37.6 Å². The summed E-state index contributed by atoms with van der Waals surface area (Å²) in [6.45, 7) is 1.93. The van der Waals surface area contributed by atoms with Gasteiger partial charge in [0.2, 0.25) is 5.95 Å². The normalized spacial score (nSPS) is 14.5. The third kappa shape index (κ3) is 7.01. The molecule has 1 aromatic carbocycles. The summed E-state index contributed by atoms with van der Waals surface area (Å²) in [7, 11) is 0. The van der Waals surface area contributed by atoms with Gasteiger partial charge in [0.1, 0.15) is 5.75 Å². The predicted octanol–water partition coefficient (Wildman–Crippen LogP) is 4.21. The van der Waals surface area contributed by atoms with Crippen LogP contribution in [0.15, 0.2) is 48.5 Å². The van der Waals surface area contributed by atoms with Crippen molar-refractivity contribution in [2.24, 2.45) is 0 Å². The van der Waals surface area contributed by atoms with E-state index < -0.39 is 35.6 Å². The average Bonchev–Trinajstić information content (AvgIpc) is 3.32. The van der Waals surface area contributed by atoms with Gasteiger partial charge in [-0.1, -0.05) is 18.2 Å². The van der Waals surface area contributed by atoms with Crippen molar-refractivity contribution in [2.45, 2.75) is 19.5 Å². The lowest BCUT2D eigenvalue weighted by molar-refractivity contribution is -0.274. The fraction of sp³-hybridized carbons (Fsp3) is 0.292. The van der Waals surface area contributed by atoms with E-state index in [-0.39, 0.29) is 17.9 Å². The van der Waals surface area contributed by atoms with Gasteiger partial charge in [0.05, 0.1) is 4.88 Å². The molecule has 3 heterocycles. The zero-order valence-corrected chi connectivity index (χ0v) is 20.0. The number of benzene rings is 1. The molecule has 4 rings (SSSR count). The van der Waals surface area contributed by atoms with Gasteiger partial charge in [-0.25, -0.2) is 9.37 Å². The lowest BCUT2D eigenvalue weighted by Crippen LogP contribution is -2.48. The van der Waals surface area contributed by atoms with Crippen LogP contribution in [-0.2, 0) is 13.1 Å². The van der Waals surface area contributed by atoms with Crippen molar-refractivity contribution >= 4 is 23.2 Å². The van der Waals surface area contributed by atoms with E-state index in [9.17, 15) is 31.5 Å². The molecule has 1 saturated heterocycles. The van der Waals surface area contributed by atoms with Crippen LogP contribution in [0.5, 0.6) is 5.75 Å². The Hall–Kier alpha value is -3.58. The number of hydrogen-bond acceptors (Lipinski definition) is 6. The maximum atomic E-state index is 13.9. The monoisotopic (exact) mass is 540 g/mol. The van der Waals surface area contributed by atoms with Crippen molar-refractivity contribution in [3.05, 3.63) is 81.3 Å². The first-order valence-electron chi connectivity index (χ1n) is 11.1. The summed E-state index contributed by atoms with van der Waals surface area (Å²) in [5.41, 5.74) is -0.361. The lowest BCUT2D eigenvalue weighted by atomic mass is 10.2. The Labute approximate surface area is 212 Å². The molecule has 37 heavy (non-hydrogen) atoms. The zero-order chi connectivity index (χ0) is 26.6. The minimum Gasteiger partial charge on any atom is -0.405 e. The average molecular weight is 541 g/mol. The Balaban J connectivity index is 1.28. The summed E-state index contributed by atoms with van der Waals surface area (Å²) < 4.78 is 69.0. The van der Waals surface area contributed by atoms with Crippen LogP contribution in [-0.4, -0.2) is 59.1 Å². The largest absolute Gasteiger partial charge is 0.573 e. The number of rotatable bonds is 7. The van der Waals surface area contributed by atoms with Crippen LogP contribution in [0.2, 0.25) is 0 Å². The Morgan fingerprint density at radius 1 is 1.00 bits per heavy atom. The molecule has 0 unspecified atom stereocenters. The van der Waals surface area contributed by atoms with E-state index in [0.717, 1.165) is 17.0 Å². The maximum absolute atomic E-state index is 13.9. The number of nitrogens with one attached hydrogen (secondary N) is 1. The van der Waals surface area contributed by atoms with Crippen molar-refractivity contribution in [3.63, 3.8) is 0 Å². The van der Waals surface area contributed by atoms with Crippen LogP contribution in [0.1, 0.15) is 30.6 Å². The number of carbonyl (C=O) groups excluding carboxylic acids is 2. The van der Waals surface area contributed by atoms with E-state index in [1.165, 1.54) is 34.4 Å². The van der Waals surface area contributed by atoms with Crippen molar-refractivity contribution < 1.29 is 36.3 Å². The quantitative estimate of drug-likeness (QED) is 0.359. The molecule has 1 aliphatic rings. The van der Waals surface area contributed by atoms with Gasteiger partial charge in [0.25, 0.3) is 11.8 Å². The smallest absolute Gasteiger partial charge is 0.405 e. The van der Waals surface area contributed by atoms with Gasteiger partial charge in [0, 0.05) is 49.7 Å². The zero-order valence-electron chi connectivity index (χ0n) is 19.2. The number of ether oxygens (including phenoxy) is 1. The highest BCUT2D eigenvalue weighted by molar-refractivity contribution is 7.14. The molecule has 1 N–H and O–H groups in total. The predicted molar refractivity (Wildman–Crippen MR) is 124 cm³/mol. The van der Waals surface area contributed by atoms with E-state index in [1.807, 2.05) is 0 Å². The first-order chi connectivity index (χ1) is 17.6. The Bertz CT molecular complexity index is 1280. The number of carbonyl (C=O) groups is 2. The van der Waals surface area contributed by atoms with Gasteiger partial charge in [-0.2, -0.15) is 4.39 Å². The molecular formula is C24H21F5N4O3S. The fourth-order valence-electron chi connectivity index (χ4n) is 3.77. The Morgan fingerprint density at radius 2 is 1.73 bits per heavy atom. The van der Waals surface area contributed by atoms with Crippen LogP contribution in [0.3, 0.4) is 0 Å². The Kier molecular flexibility index (Phi) is 8.03. The standard InChI is InChI=1S/C24H21F5N4O3S/c25-17-6-8-20(26)31-21(17)23(35)33-11-9-32(10-12-33)14-16-5-7-19(37-16)22(34)30-13-15-3-1-2-4-18(15)36-24(27,28)29/h1-8H,9-14H2,(H,30,34). The third-order valence-electron chi connectivity index (χ3n) is 5.58. The van der Waals surface area contributed by atoms with E-state index in [4.69, 9.17) is 0 Å². The highest BCUT2D eigenvalue weighted by Crippen LogP contribution is 2.26. The van der Waals surface area contributed by atoms with Gasteiger partial charge in [0.15, 0.2) is 11.5 Å². The minimum atomic E-state index is -4.84. The molecule has 2 amide bonds. The van der Waals surface area contributed by atoms with Gasteiger partial charge < -0.3 is 15.0 Å². The number of hydrogen-bond donors (Lipinski definition) is 1. The lowest BCUT2D eigenvalue weighted by Gasteiger charge is -2.34. The summed E-state index contributed by atoms with van der Waals surface area (Å²) >= 11 is 1.24. The summed E-state index contributed by atoms with van der Waals surface area (Å²) in [4.78, 5) is 33.1. The summed E-state index contributed by atoms with van der Waals surface area (Å²) in [6.07, 6.45) is -4.84. The molecule has 0 atom stereocenters. The Morgan fingerprint density at radius 3 is 2.46 bits per heavy atom. The molecule has 0 spiro atoms. The number of amides is 2. The van der Waals surface area contributed by atoms with Crippen LogP contribution in [0, 0.1) is 11.8 Å².